The first-order chi connectivity index (χ1) is 13.5. The lowest BCUT2D eigenvalue weighted by Gasteiger charge is -2.21. The summed E-state index contributed by atoms with van der Waals surface area (Å²) in [6, 6.07) is 10.9. The molecule has 0 atom stereocenters. The number of halogens is 2. The number of benzene rings is 2. The Balaban J connectivity index is 0.00000240. The Morgan fingerprint density at radius 1 is 1.17 bits per heavy atom. The van der Waals surface area contributed by atoms with E-state index in [4.69, 9.17) is 26.1 Å². The molecule has 29 heavy (non-hydrogen) atoms. The molecule has 4 rings (SSSR count). The highest BCUT2D eigenvalue weighted by molar-refractivity contribution is 7.22. The van der Waals surface area contributed by atoms with E-state index in [-0.39, 0.29) is 25.1 Å². The van der Waals surface area contributed by atoms with Crippen LogP contribution in [0.1, 0.15) is 16.8 Å². The van der Waals surface area contributed by atoms with Crippen molar-refractivity contribution in [3.05, 3.63) is 47.0 Å². The minimum absolute atomic E-state index is 0. The SMILES string of the molecule is CN(C)CCCN(C(=O)c1ccccc1Cl)c1nc2cc3c(cc2s1)OCO3.Cl. The predicted molar refractivity (Wildman–Crippen MR) is 119 cm³/mol. The summed E-state index contributed by atoms with van der Waals surface area (Å²) in [5.74, 6) is 1.24. The van der Waals surface area contributed by atoms with Crippen LogP contribution in [0.3, 0.4) is 0 Å². The molecule has 2 heterocycles. The number of carbonyl (C=O) groups is 1. The highest BCUT2D eigenvalue weighted by Gasteiger charge is 2.24. The summed E-state index contributed by atoms with van der Waals surface area (Å²) < 4.78 is 11.8. The minimum Gasteiger partial charge on any atom is -0.454 e. The van der Waals surface area contributed by atoms with Crippen LogP contribution in [0.4, 0.5) is 5.13 Å². The molecule has 1 aromatic heterocycles. The van der Waals surface area contributed by atoms with E-state index in [1.54, 1.807) is 17.0 Å². The first kappa shape index (κ1) is 21.6. The molecule has 0 N–H and O–H groups in total. The van der Waals surface area contributed by atoms with E-state index >= 15 is 0 Å². The van der Waals surface area contributed by atoms with Crippen LogP contribution >= 0.6 is 35.3 Å². The third-order valence-corrected chi connectivity index (χ3v) is 5.81. The Morgan fingerprint density at radius 3 is 2.62 bits per heavy atom. The van der Waals surface area contributed by atoms with Crippen molar-refractivity contribution in [2.24, 2.45) is 0 Å². The molecule has 0 fully saturated rings. The molecular formula is C20H21Cl2N3O3S. The van der Waals surface area contributed by atoms with Gasteiger partial charge in [-0.05, 0) is 39.2 Å². The van der Waals surface area contributed by atoms with E-state index in [0.717, 1.165) is 23.2 Å². The molecule has 1 aliphatic heterocycles. The van der Waals surface area contributed by atoms with E-state index < -0.39 is 0 Å². The lowest BCUT2D eigenvalue weighted by atomic mass is 10.2. The second-order valence-electron chi connectivity index (χ2n) is 6.76. The van der Waals surface area contributed by atoms with Crippen molar-refractivity contribution in [1.82, 2.24) is 9.88 Å². The Morgan fingerprint density at radius 2 is 1.90 bits per heavy atom. The van der Waals surface area contributed by atoms with Crippen LogP contribution in [0.25, 0.3) is 10.2 Å². The highest BCUT2D eigenvalue weighted by atomic mass is 35.5. The van der Waals surface area contributed by atoms with Gasteiger partial charge in [0.15, 0.2) is 16.6 Å². The van der Waals surface area contributed by atoms with Crippen LogP contribution < -0.4 is 14.4 Å². The molecule has 0 saturated carbocycles. The molecule has 0 aliphatic carbocycles. The van der Waals surface area contributed by atoms with Gasteiger partial charge in [-0.25, -0.2) is 4.98 Å². The number of ether oxygens (including phenoxy) is 2. The van der Waals surface area contributed by atoms with Crippen LogP contribution in [0.2, 0.25) is 5.02 Å². The fourth-order valence-electron chi connectivity index (χ4n) is 3.03. The molecule has 0 unspecified atom stereocenters. The van der Waals surface area contributed by atoms with E-state index in [9.17, 15) is 4.79 Å². The van der Waals surface area contributed by atoms with Crippen molar-refractivity contribution in [2.75, 3.05) is 38.9 Å². The Hall–Kier alpha value is -2.06. The lowest BCUT2D eigenvalue weighted by molar-refractivity contribution is 0.0986. The van der Waals surface area contributed by atoms with Crippen molar-refractivity contribution >= 4 is 56.6 Å². The van der Waals surface area contributed by atoms with Crippen molar-refractivity contribution < 1.29 is 14.3 Å². The molecular weight excluding hydrogens is 433 g/mol. The average Bonchev–Trinajstić information content (AvgIpc) is 3.28. The fourth-order valence-corrected chi connectivity index (χ4v) is 4.25. The van der Waals surface area contributed by atoms with Crippen molar-refractivity contribution in [1.29, 1.82) is 0 Å². The Kier molecular flexibility index (Phi) is 6.85. The number of aromatic nitrogens is 1. The fraction of sp³-hybridized carbons (Fsp3) is 0.300. The number of nitrogens with zero attached hydrogens (tertiary/aromatic N) is 3. The second kappa shape index (κ2) is 9.17. The van der Waals surface area contributed by atoms with Gasteiger partial charge in [-0.2, -0.15) is 0 Å². The zero-order valence-electron chi connectivity index (χ0n) is 16.1. The predicted octanol–water partition coefficient (Wildman–Crippen LogP) is 4.70. The van der Waals surface area contributed by atoms with Gasteiger partial charge < -0.3 is 14.4 Å². The molecule has 6 nitrogen and oxygen atoms in total. The molecule has 0 spiro atoms. The number of anilines is 1. The summed E-state index contributed by atoms with van der Waals surface area (Å²) >= 11 is 7.74. The molecule has 3 aromatic rings. The van der Waals surface area contributed by atoms with Gasteiger partial charge in [0.05, 0.1) is 20.8 Å². The average molecular weight is 454 g/mol. The summed E-state index contributed by atoms with van der Waals surface area (Å²) in [6.07, 6.45) is 0.821. The summed E-state index contributed by atoms with van der Waals surface area (Å²) in [6.45, 7) is 1.64. The molecule has 0 bridgehead atoms. The van der Waals surface area contributed by atoms with Gasteiger partial charge in [0, 0.05) is 18.7 Å². The quantitative estimate of drug-likeness (QED) is 0.541. The number of rotatable bonds is 6. The minimum atomic E-state index is -0.150. The molecule has 1 amide bonds. The second-order valence-corrected chi connectivity index (χ2v) is 8.18. The summed E-state index contributed by atoms with van der Waals surface area (Å²) in [5, 5.41) is 1.08. The maximum Gasteiger partial charge on any atom is 0.261 e. The van der Waals surface area contributed by atoms with Crippen LogP contribution in [-0.4, -0.2) is 49.8 Å². The number of hydrogen-bond acceptors (Lipinski definition) is 6. The van der Waals surface area contributed by atoms with Gasteiger partial charge in [0.25, 0.3) is 5.91 Å². The van der Waals surface area contributed by atoms with Crippen LogP contribution in [0.15, 0.2) is 36.4 Å². The molecule has 2 aromatic carbocycles. The number of fused-ring (bicyclic) bond motifs is 2. The first-order valence-corrected chi connectivity index (χ1v) is 10.1. The number of amides is 1. The van der Waals surface area contributed by atoms with E-state index in [2.05, 4.69) is 4.90 Å². The number of hydrogen-bond donors (Lipinski definition) is 0. The monoisotopic (exact) mass is 453 g/mol. The van der Waals surface area contributed by atoms with Crippen molar-refractivity contribution in [3.8, 4) is 11.5 Å². The van der Waals surface area contributed by atoms with Crippen molar-refractivity contribution in [3.63, 3.8) is 0 Å². The topological polar surface area (TPSA) is 54.9 Å². The third-order valence-electron chi connectivity index (χ3n) is 4.44. The van der Waals surface area contributed by atoms with Gasteiger partial charge in [0.1, 0.15) is 0 Å². The van der Waals surface area contributed by atoms with Crippen molar-refractivity contribution in [2.45, 2.75) is 6.42 Å². The summed E-state index contributed by atoms with van der Waals surface area (Å²) in [7, 11) is 4.03. The maximum absolute atomic E-state index is 13.3. The Labute approximate surface area is 184 Å². The summed E-state index contributed by atoms with van der Waals surface area (Å²) in [4.78, 5) is 21.8. The number of thiazole rings is 1. The van der Waals surface area contributed by atoms with Gasteiger partial charge in [0.2, 0.25) is 6.79 Å². The van der Waals surface area contributed by atoms with E-state index in [0.29, 0.717) is 33.8 Å². The molecule has 9 heteroatoms. The van der Waals surface area contributed by atoms with Crippen LogP contribution in [0, 0.1) is 0 Å². The molecule has 0 radical (unpaired) electrons. The molecule has 154 valence electrons. The normalized spacial score (nSPS) is 12.3. The Bertz CT molecular complexity index is 984. The van der Waals surface area contributed by atoms with Gasteiger partial charge in [-0.1, -0.05) is 35.1 Å². The largest absolute Gasteiger partial charge is 0.454 e. The van der Waals surface area contributed by atoms with Gasteiger partial charge in [-0.3, -0.25) is 9.69 Å². The maximum atomic E-state index is 13.3. The zero-order valence-corrected chi connectivity index (χ0v) is 18.4. The standard InChI is InChI=1S/C20H20ClN3O3S.ClH/c1-23(2)8-5-9-24(19(25)13-6-3-4-7-14(13)21)20-22-15-10-16-17(27-12-26-16)11-18(15)28-20;/h3-4,6-7,10-11H,5,8-9,12H2,1-2H3;1H. The third kappa shape index (κ3) is 4.59. The molecule has 1 aliphatic rings. The zero-order chi connectivity index (χ0) is 19.7. The van der Waals surface area contributed by atoms with E-state index in [1.807, 2.05) is 38.4 Å². The summed E-state index contributed by atoms with van der Waals surface area (Å²) in [5.41, 5.74) is 1.26. The van der Waals surface area contributed by atoms with Crippen LogP contribution in [0.5, 0.6) is 11.5 Å². The smallest absolute Gasteiger partial charge is 0.261 e. The van der Waals surface area contributed by atoms with Gasteiger partial charge in [-0.15, -0.1) is 12.4 Å². The van der Waals surface area contributed by atoms with E-state index in [1.165, 1.54) is 11.3 Å². The lowest BCUT2D eigenvalue weighted by Crippen LogP contribution is -2.33. The van der Waals surface area contributed by atoms with Gasteiger partial charge >= 0.3 is 0 Å². The van der Waals surface area contributed by atoms with Crippen LogP contribution in [-0.2, 0) is 0 Å². The molecule has 0 saturated heterocycles. The number of carbonyl (C=O) groups excluding carboxylic acids is 1. The highest BCUT2D eigenvalue weighted by Crippen LogP contribution is 2.40. The first-order valence-electron chi connectivity index (χ1n) is 8.94.